The highest BCUT2D eigenvalue weighted by Crippen LogP contribution is 2.27. The summed E-state index contributed by atoms with van der Waals surface area (Å²) in [5, 5.41) is 3.02. The van der Waals surface area contributed by atoms with Crippen LogP contribution in [0.3, 0.4) is 0 Å². The molecule has 0 saturated carbocycles. The van der Waals surface area contributed by atoms with E-state index >= 15 is 0 Å². The van der Waals surface area contributed by atoms with Crippen LogP contribution in [0.5, 0.6) is 0 Å². The van der Waals surface area contributed by atoms with Gasteiger partial charge < -0.3 is 19.5 Å². The van der Waals surface area contributed by atoms with Gasteiger partial charge in [0.15, 0.2) is 5.65 Å². The number of piperidine rings is 1. The molecule has 2 aliphatic heterocycles. The van der Waals surface area contributed by atoms with Crippen molar-refractivity contribution in [2.45, 2.75) is 44.8 Å². The van der Waals surface area contributed by atoms with E-state index in [1.165, 1.54) is 0 Å². The lowest BCUT2D eigenvalue weighted by Crippen LogP contribution is -2.46. The maximum atomic E-state index is 12.4. The Kier molecular flexibility index (Phi) is 4.57. The summed E-state index contributed by atoms with van der Waals surface area (Å²) in [7, 11) is 0. The number of likely N-dealkylation sites (tertiary alicyclic amines) is 1. The number of hydrogen-bond acceptors (Lipinski definition) is 4. The summed E-state index contributed by atoms with van der Waals surface area (Å²) in [4.78, 5) is 23.4. The quantitative estimate of drug-likeness (QED) is 0.928. The number of carbonyl (C=O) groups excluding carboxylic acids is 1. The maximum absolute atomic E-state index is 12.4. The second-order valence-electron chi connectivity index (χ2n) is 6.91. The van der Waals surface area contributed by atoms with Crippen molar-refractivity contribution in [2.75, 3.05) is 26.2 Å². The molecule has 1 N–H and O–H groups in total. The number of carbonyl (C=O) groups is 1. The van der Waals surface area contributed by atoms with E-state index < -0.39 is 0 Å². The number of aryl methyl sites for hydroxylation is 1. The third kappa shape index (κ3) is 3.33. The van der Waals surface area contributed by atoms with Crippen LogP contribution in [0.4, 0.5) is 4.79 Å². The van der Waals surface area contributed by atoms with Crippen molar-refractivity contribution < 1.29 is 9.53 Å². The van der Waals surface area contributed by atoms with Gasteiger partial charge in [-0.1, -0.05) is 0 Å². The zero-order valence-electron chi connectivity index (χ0n) is 14.6. The Bertz CT molecular complexity index is 745. The molecule has 2 amide bonds. The fourth-order valence-corrected chi connectivity index (χ4v) is 3.93. The molecule has 134 valence electrons. The Morgan fingerprint density at radius 1 is 1.36 bits per heavy atom. The van der Waals surface area contributed by atoms with Gasteiger partial charge in [0.25, 0.3) is 0 Å². The molecule has 25 heavy (non-hydrogen) atoms. The summed E-state index contributed by atoms with van der Waals surface area (Å²) < 4.78 is 7.79. The molecule has 2 aromatic rings. The van der Waals surface area contributed by atoms with Gasteiger partial charge in [-0.25, -0.2) is 14.8 Å². The van der Waals surface area contributed by atoms with Crippen molar-refractivity contribution in [3.63, 3.8) is 0 Å². The lowest BCUT2D eigenvalue weighted by molar-refractivity contribution is 0.107. The van der Waals surface area contributed by atoms with Crippen LogP contribution in [0.2, 0.25) is 0 Å². The van der Waals surface area contributed by atoms with Crippen molar-refractivity contribution in [1.29, 1.82) is 0 Å². The summed E-state index contributed by atoms with van der Waals surface area (Å²) in [6.07, 6.45) is 5.99. The first-order chi connectivity index (χ1) is 12.2. The lowest BCUT2D eigenvalue weighted by atomic mass is 10.0. The van der Waals surface area contributed by atoms with Gasteiger partial charge in [0.1, 0.15) is 11.3 Å². The third-order valence-corrected chi connectivity index (χ3v) is 5.25. The van der Waals surface area contributed by atoms with Gasteiger partial charge >= 0.3 is 6.03 Å². The van der Waals surface area contributed by atoms with Gasteiger partial charge in [-0.05, 0) is 44.7 Å². The average molecular weight is 343 g/mol. The normalized spacial score (nSPS) is 21.8. The van der Waals surface area contributed by atoms with Crippen molar-refractivity contribution >= 4 is 17.2 Å². The number of amides is 2. The molecule has 0 aliphatic carbocycles. The number of nitrogens with one attached hydrogen (secondary N) is 1. The molecular weight excluding hydrogens is 318 g/mol. The highest BCUT2D eigenvalue weighted by Gasteiger charge is 2.27. The summed E-state index contributed by atoms with van der Waals surface area (Å²) in [5.74, 6) is 0.995. The number of rotatable bonds is 3. The first-order valence-electron chi connectivity index (χ1n) is 9.16. The summed E-state index contributed by atoms with van der Waals surface area (Å²) >= 11 is 0. The van der Waals surface area contributed by atoms with Crippen LogP contribution in [-0.2, 0) is 4.74 Å². The smallest absolute Gasteiger partial charge is 0.317 e. The molecule has 2 fully saturated rings. The zero-order chi connectivity index (χ0) is 17.2. The molecule has 0 aromatic carbocycles. The number of aromatic nitrogens is 3. The van der Waals surface area contributed by atoms with Gasteiger partial charge in [0.05, 0.1) is 6.10 Å². The number of urea groups is 1. The summed E-state index contributed by atoms with van der Waals surface area (Å²) in [5.41, 5.74) is 1.89. The molecule has 7 heteroatoms. The van der Waals surface area contributed by atoms with Crippen LogP contribution in [0.1, 0.15) is 37.5 Å². The molecule has 1 atom stereocenters. The van der Waals surface area contributed by atoms with Gasteiger partial charge in [0, 0.05) is 38.5 Å². The molecular formula is C18H25N5O2. The standard InChI is InChI=1S/C18H25N5O2/c1-13-21-16-5-2-8-19-17(16)23(13)14-6-9-22(10-7-14)18(24)20-12-15-4-3-11-25-15/h2,5,8,14-15H,3-4,6-7,9-12H2,1H3,(H,20,24)/t15-/m1/s1. The second kappa shape index (κ2) is 7.00. The van der Waals surface area contributed by atoms with Crippen LogP contribution in [0.25, 0.3) is 11.2 Å². The Balaban J connectivity index is 1.36. The number of nitrogens with zero attached hydrogens (tertiary/aromatic N) is 4. The number of pyridine rings is 1. The lowest BCUT2D eigenvalue weighted by Gasteiger charge is -2.33. The van der Waals surface area contributed by atoms with E-state index in [1.807, 2.05) is 30.2 Å². The monoisotopic (exact) mass is 343 g/mol. The molecule has 2 aromatic heterocycles. The first-order valence-corrected chi connectivity index (χ1v) is 9.16. The predicted molar refractivity (Wildman–Crippen MR) is 94.5 cm³/mol. The molecule has 0 bridgehead atoms. The highest BCUT2D eigenvalue weighted by atomic mass is 16.5. The van der Waals surface area contributed by atoms with Crippen LogP contribution in [-0.4, -0.2) is 57.8 Å². The van der Waals surface area contributed by atoms with E-state index in [9.17, 15) is 4.79 Å². The van der Waals surface area contributed by atoms with Crippen molar-refractivity contribution in [3.05, 3.63) is 24.2 Å². The topological polar surface area (TPSA) is 72.3 Å². The number of ether oxygens (including phenoxy) is 1. The Labute approximate surface area is 147 Å². The van der Waals surface area contributed by atoms with Crippen LogP contribution >= 0.6 is 0 Å². The number of hydrogen-bond donors (Lipinski definition) is 1. The Hall–Kier alpha value is -2.15. The molecule has 0 radical (unpaired) electrons. The van der Waals surface area contributed by atoms with Crippen LogP contribution in [0.15, 0.2) is 18.3 Å². The highest BCUT2D eigenvalue weighted by molar-refractivity contribution is 5.74. The number of fused-ring (bicyclic) bond motifs is 1. The van der Waals surface area contributed by atoms with Crippen LogP contribution < -0.4 is 5.32 Å². The van der Waals surface area contributed by atoms with Crippen molar-refractivity contribution in [3.8, 4) is 0 Å². The summed E-state index contributed by atoms with van der Waals surface area (Å²) in [6.45, 7) is 4.98. The average Bonchev–Trinajstić information content (AvgIpc) is 3.26. The zero-order valence-corrected chi connectivity index (χ0v) is 14.6. The molecule has 4 rings (SSSR count). The largest absolute Gasteiger partial charge is 0.376 e. The number of imidazole rings is 1. The minimum atomic E-state index is 0.0271. The fourth-order valence-electron chi connectivity index (χ4n) is 3.93. The Morgan fingerprint density at radius 2 is 2.20 bits per heavy atom. The molecule has 0 spiro atoms. The predicted octanol–water partition coefficient (Wildman–Crippen LogP) is 2.27. The minimum absolute atomic E-state index is 0.0271. The van der Waals surface area contributed by atoms with Crippen LogP contribution in [0, 0.1) is 6.92 Å². The first kappa shape index (κ1) is 16.3. The van der Waals surface area contributed by atoms with Gasteiger partial charge in [-0.2, -0.15) is 0 Å². The van der Waals surface area contributed by atoms with E-state index in [2.05, 4.69) is 19.9 Å². The Morgan fingerprint density at radius 3 is 2.96 bits per heavy atom. The minimum Gasteiger partial charge on any atom is -0.376 e. The molecule has 2 saturated heterocycles. The van der Waals surface area contributed by atoms with E-state index in [1.54, 1.807) is 0 Å². The van der Waals surface area contributed by atoms with E-state index in [4.69, 9.17) is 4.74 Å². The molecule has 2 aliphatic rings. The van der Waals surface area contributed by atoms with E-state index in [-0.39, 0.29) is 12.1 Å². The molecule has 7 nitrogen and oxygen atoms in total. The SMILES string of the molecule is Cc1nc2cccnc2n1C1CCN(C(=O)NC[C@H]2CCCO2)CC1. The van der Waals surface area contributed by atoms with Gasteiger partial charge in [-0.15, -0.1) is 0 Å². The van der Waals surface area contributed by atoms with Crippen molar-refractivity contribution in [1.82, 2.24) is 24.8 Å². The van der Waals surface area contributed by atoms with Gasteiger partial charge in [0.2, 0.25) is 0 Å². The molecule has 0 unspecified atom stereocenters. The second-order valence-corrected chi connectivity index (χ2v) is 6.91. The maximum Gasteiger partial charge on any atom is 0.317 e. The third-order valence-electron chi connectivity index (χ3n) is 5.25. The summed E-state index contributed by atoms with van der Waals surface area (Å²) in [6, 6.07) is 4.29. The van der Waals surface area contributed by atoms with E-state index in [0.29, 0.717) is 12.6 Å². The van der Waals surface area contributed by atoms with Gasteiger partial charge in [-0.3, -0.25) is 0 Å². The molecule has 4 heterocycles. The van der Waals surface area contributed by atoms with E-state index in [0.717, 1.165) is 62.4 Å². The fraction of sp³-hybridized carbons (Fsp3) is 0.611. The van der Waals surface area contributed by atoms with Crippen molar-refractivity contribution in [2.24, 2.45) is 0 Å².